The summed E-state index contributed by atoms with van der Waals surface area (Å²) in [4.78, 5) is 39.2. The Morgan fingerprint density at radius 2 is 1.50 bits per heavy atom. The van der Waals surface area contributed by atoms with Gasteiger partial charge in [0, 0.05) is 18.6 Å². The van der Waals surface area contributed by atoms with Crippen LogP contribution in [0.25, 0.3) is 0 Å². The first-order valence-electron chi connectivity index (χ1n) is 13.5. The van der Waals surface area contributed by atoms with Crippen LogP contribution < -0.4 is 5.32 Å². The SMILES string of the molecule is O=C1CCC(N2C(=O)c3cccc4c3C2CCC4CCCCCCCCCCCCO)C(=O)N1. The van der Waals surface area contributed by atoms with Crippen LogP contribution in [0.15, 0.2) is 18.2 Å². The van der Waals surface area contributed by atoms with Crippen LogP contribution in [0.4, 0.5) is 0 Å². The lowest BCUT2D eigenvalue weighted by atomic mass is 9.77. The van der Waals surface area contributed by atoms with Crippen LogP contribution in [0.2, 0.25) is 0 Å². The van der Waals surface area contributed by atoms with Gasteiger partial charge in [0.1, 0.15) is 6.04 Å². The predicted octanol–water partition coefficient (Wildman–Crippen LogP) is 5.15. The molecule has 4 rings (SSSR count). The zero-order valence-corrected chi connectivity index (χ0v) is 20.4. The van der Waals surface area contributed by atoms with E-state index in [0.29, 0.717) is 25.4 Å². The van der Waals surface area contributed by atoms with E-state index in [2.05, 4.69) is 11.4 Å². The highest BCUT2D eigenvalue weighted by molar-refractivity contribution is 6.06. The van der Waals surface area contributed by atoms with Crippen molar-refractivity contribution in [2.75, 3.05) is 6.61 Å². The van der Waals surface area contributed by atoms with E-state index in [1.54, 1.807) is 4.90 Å². The Morgan fingerprint density at radius 1 is 0.824 bits per heavy atom. The van der Waals surface area contributed by atoms with Crippen LogP contribution in [-0.2, 0) is 9.59 Å². The zero-order chi connectivity index (χ0) is 23.9. The summed E-state index contributed by atoms with van der Waals surface area (Å²) in [5.41, 5.74) is 3.21. The highest BCUT2D eigenvalue weighted by atomic mass is 16.3. The number of hydrogen-bond donors (Lipinski definition) is 2. The number of carbonyl (C=O) groups is 3. The van der Waals surface area contributed by atoms with Gasteiger partial charge in [-0.05, 0) is 55.2 Å². The topological polar surface area (TPSA) is 86.7 Å². The lowest BCUT2D eigenvalue weighted by Crippen LogP contribution is -2.53. The Bertz CT molecular complexity index is 883. The van der Waals surface area contributed by atoms with Crippen LogP contribution in [0.3, 0.4) is 0 Å². The van der Waals surface area contributed by atoms with Crippen molar-refractivity contribution < 1.29 is 19.5 Å². The van der Waals surface area contributed by atoms with Crippen molar-refractivity contribution in [1.29, 1.82) is 0 Å². The number of amides is 3. The Balaban J connectivity index is 1.27. The fraction of sp³-hybridized carbons (Fsp3) is 0.679. The summed E-state index contributed by atoms with van der Waals surface area (Å²) >= 11 is 0. The van der Waals surface area contributed by atoms with Gasteiger partial charge in [-0.3, -0.25) is 19.7 Å². The number of aliphatic hydroxyl groups excluding tert-OH is 1. The third-order valence-electron chi connectivity index (χ3n) is 8.01. The monoisotopic (exact) mass is 468 g/mol. The van der Waals surface area contributed by atoms with Gasteiger partial charge >= 0.3 is 0 Å². The lowest BCUT2D eigenvalue weighted by Gasteiger charge is -2.38. The maximum Gasteiger partial charge on any atom is 0.255 e. The van der Waals surface area contributed by atoms with Crippen LogP contribution >= 0.6 is 0 Å². The minimum Gasteiger partial charge on any atom is -0.396 e. The van der Waals surface area contributed by atoms with Gasteiger partial charge in [0.2, 0.25) is 11.8 Å². The van der Waals surface area contributed by atoms with Crippen LogP contribution in [0, 0.1) is 0 Å². The highest BCUT2D eigenvalue weighted by Gasteiger charge is 2.47. The summed E-state index contributed by atoms with van der Waals surface area (Å²) in [6.45, 7) is 0.321. The number of unbranched alkanes of at least 4 members (excludes halogenated alkanes) is 9. The smallest absolute Gasteiger partial charge is 0.255 e. The van der Waals surface area contributed by atoms with Gasteiger partial charge in [-0.1, -0.05) is 69.9 Å². The number of aliphatic hydroxyl groups is 1. The quantitative estimate of drug-likeness (QED) is 0.310. The van der Waals surface area contributed by atoms with Crippen LogP contribution in [-0.4, -0.2) is 40.4 Å². The second-order valence-corrected chi connectivity index (χ2v) is 10.3. The normalized spacial score (nSPS) is 23.9. The molecule has 34 heavy (non-hydrogen) atoms. The minimum absolute atomic E-state index is 0.0312. The largest absolute Gasteiger partial charge is 0.396 e. The van der Waals surface area contributed by atoms with Crippen molar-refractivity contribution in [2.24, 2.45) is 0 Å². The van der Waals surface area contributed by atoms with Gasteiger partial charge in [-0.25, -0.2) is 0 Å². The van der Waals surface area contributed by atoms with E-state index in [-0.39, 0.29) is 23.8 Å². The fourth-order valence-electron chi connectivity index (χ4n) is 6.24. The van der Waals surface area contributed by atoms with Gasteiger partial charge in [0.15, 0.2) is 0 Å². The number of piperidine rings is 1. The summed E-state index contributed by atoms with van der Waals surface area (Å²) < 4.78 is 0. The molecule has 1 fully saturated rings. The molecule has 0 spiro atoms. The van der Waals surface area contributed by atoms with E-state index in [0.717, 1.165) is 43.2 Å². The first-order chi connectivity index (χ1) is 16.6. The van der Waals surface area contributed by atoms with Crippen molar-refractivity contribution in [3.8, 4) is 0 Å². The lowest BCUT2D eigenvalue weighted by molar-refractivity contribution is -0.137. The third-order valence-corrected chi connectivity index (χ3v) is 8.01. The molecule has 6 nitrogen and oxygen atoms in total. The molecule has 1 aliphatic carbocycles. The minimum atomic E-state index is -0.540. The molecule has 2 heterocycles. The van der Waals surface area contributed by atoms with E-state index in [1.807, 2.05) is 12.1 Å². The van der Waals surface area contributed by atoms with Gasteiger partial charge in [-0.2, -0.15) is 0 Å². The standard InChI is InChI=1S/C28H40N2O4/c31-19-10-8-6-4-2-1-3-5-7-9-12-20-15-16-23-26-21(20)13-11-14-22(26)28(34)30(23)24-17-18-25(32)29-27(24)33/h11,13-14,20,23-24,31H,1-10,12,15-19H2,(H,29,32,33). The maximum absolute atomic E-state index is 13.3. The summed E-state index contributed by atoms with van der Waals surface area (Å²) in [7, 11) is 0. The van der Waals surface area contributed by atoms with E-state index in [4.69, 9.17) is 5.11 Å². The molecule has 3 aliphatic rings. The first kappa shape index (κ1) is 24.9. The third kappa shape index (κ3) is 5.54. The molecule has 1 aromatic carbocycles. The van der Waals surface area contributed by atoms with Crippen LogP contribution in [0.5, 0.6) is 0 Å². The average molecular weight is 469 g/mol. The van der Waals surface area contributed by atoms with Crippen molar-refractivity contribution in [1.82, 2.24) is 10.2 Å². The van der Waals surface area contributed by atoms with Crippen molar-refractivity contribution in [2.45, 2.75) is 114 Å². The summed E-state index contributed by atoms with van der Waals surface area (Å²) in [5, 5.41) is 11.2. The van der Waals surface area contributed by atoms with Gasteiger partial charge in [-0.15, -0.1) is 0 Å². The number of carbonyl (C=O) groups excluding carboxylic acids is 3. The maximum atomic E-state index is 13.3. The van der Waals surface area contributed by atoms with Crippen molar-refractivity contribution >= 4 is 17.7 Å². The van der Waals surface area contributed by atoms with Gasteiger partial charge < -0.3 is 10.0 Å². The Morgan fingerprint density at radius 3 is 2.18 bits per heavy atom. The Labute approximate surface area is 203 Å². The molecule has 186 valence electrons. The zero-order valence-electron chi connectivity index (χ0n) is 20.4. The molecular formula is C28H40N2O4. The van der Waals surface area contributed by atoms with Crippen LogP contribution in [0.1, 0.15) is 130 Å². The molecule has 3 unspecified atom stereocenters. The molecule has 0 aromatic heterocycles. The van der Waals surface area contributed by atoms with E-state index < -0.39 is 6.04 Å². The van der Waals surface area contributed by atoms with E-state index in [1.165, 1.54) is 56.9 Å². The Kier molecular flexibility index (Phi) is 8.76. The summed E-state index contributed by atoms with van der Waals surface area (Å²) in [6, 6.07) is 5.52. The molecule has 1 saturated heterocycles. The number of nitrogens with one attached hydrogen (secondary N) is 1. The number of rotatable bonds is 13. The number of benzene rings is 1. The molecule has 3 atom stereocenters. The molecule has 1 aromatic rings. The fourth-order valence-corrected chi connectivity index (χ4v) is 6.24. The Hall–Kier alpha value is -2.21. The molecule has 2 N–H and O–H groups in total. The number of nitrogens with zero attached hydrogens (tertiary/aromatic N) is 1. The molecule has 0 saturated carbocycles. The van der Waals surface area contributed by atoms with E-state index in [9.17, 15) is 14.4 Å². The summed E-state index contributed by atoms with van der Waals surface area (Å²) in [6.07, 6.45) is 16.2. The molecular weight excluding hydrogens is 428 g/mol. The molecule has 2 aliphatic heterocycles. The molecule has 3 amide bonds. The first-order valence-corrected chi connectivity index (χ1v) is 13.5. The second kappa shape index (κ2) is 12.0. The number of hydrogen-bond acceptors (Lipinski definition) is 4. The molecule has 6 heteroatoms. The van der Waals surface area contributed by atoms with Gasteiger partial charge in [0.05, 0.1) is 6.04 Å². The van der Waals surface area contributed by atoms with Crippen molar-refractivity contribution in [3.63, 3.8) is 0 Å². The van der Waals surface area contributed by atoms with Crippen molar-refractivity contribution in [3.05, 3.63) is 34.9 Å². The second-order valence-electron chi connectivity index (χ2n) is 10.3. The van der Waals surface area contributed by atoms with E-state index >= 15 is 0 Å². The highest BCUT2D eigenvalue weighted by Crippen LogP contribution is 2.49. The summed E-state index contributed by atoms with van der Waals surface area (Å²) in [5.74, 6) is -0.125. The predicted molar refractivity (Wildman–Crippen MR) is 131 cm³/mol. The average Bonchev–Trinajstić information content (AvgIpc) is 3.12. The molecule has 0 bridgehead atoms. The number of imide groups is 1. The molecule has 0 radical (unpaired) electrons. The van der Waals surface area contributed by atoms with Gasteiger partial charge in [0.25, 0.3) is 5.91 Å².